The zero-order valence-corrected chi connectivity index (χ0v) is 14.6. The van der Waals surface area contributed by atoms with Crippen LogP contribution in [0, 0.1) is 0 Å². The van der Waals surface area contributed by atoms with Gasteiger partial charge in [0.15, 0.2) is 0 Å². The van der Waals surface area contributed by atoms with E-state index < -0.39 is 0 Å². The summed E-state index contributed by atoms with van der Waals surface area (Å²) in [4.78, 5) is 22.8. The minimum absolute atomic E-state index is 0.0818. The van der Waals surface area contributed by atoms with Crippen molar-refractivity contribution in [1.29, 1.82) is 0 Å². The minimum atomic E-state index is -0.0818. The standard InChI is InChI=1S/C20H20N4O2/c1-14(25)22-17-4-2-3-15(11-17)16-5-6-18-19(12-16)23-20(13-21-18)24-7-9-26-10-8-24/h2-6,11-13H,7-10H2,1H3,(H,22,25). The summed E-state index contributed by atoms with van der Waals surface area (Å²) in [6.45, 7) is 4.61. The van der Waals surface area contributed by atoms with Crippen molar-refractivity contribution in [2.75, 3.05) is 36.5 Å². The Balaban J connectivity index is 1.69. The Bertz CT molecular complexity index is 951. The topological polar surface area (TPSA) is 67.4 Å². The molecule has 0 bridgehead atoms. The number of benzene rings is 2. The van der Waals surface area contributed by atoms with Gasteiger partial charge in [0.2, 0.25) is 5.91 Å². The van der Waals surface area contributed by atoms with Crippen LogP contribution in [-0.2, 0) is 9.53 Å². The molecule has 1 fully saturated rings. The number of fused-ring (bicyclic) bond motifs is 1. The summed E-state index contributed by atoms with van der Waals surface area (Å²) in [5, 5.41) is 2.82. The molecule has 0 unspecified atom stereocenters. The molecule has 6 heteroatoms. The largest absolute Gasteiger partial charge is 0.378 e. The zero-order chi connectivity index (χ0) is 17.9. The number of amides is 1. The number of aromatic nitrogens is 2. The Kier molecular flexibility index (Phi) is 4.50. The second kappa shape index (κ2) is 7.09. The highest BCUT2D eigenvalue weighted by atomic mass is 16.5. The van der Waals surface area contributed by atoms with Crippen LogP contribution in [0.3, 0.4) is 0 Å². The van der Waals surface area contributed by atoms with E-state index in [0.717, 1.165) is 60.0 Å². The van der Waals surface area contributed by atoms with Gasteiger partial charge in [-0.05, 0) is 35.4 Å². The zero-order valence-electron chi connectivity index (χ0n) is 14.6. The maximum atomic E-state index is 11.3. The molecule has 2 heterocycles. The number of morpholine rings is 1. The summed E-state index contributed by atoms with van der Waals surface area (Å²) in [6, 6.07) is 13.8. The van der Waals surface area contributed by atoms with Gasteiger partial charge in [0.1, 0.15) is 5.82 Å². The first kappa shape index (κ1) is 16.5. The number of nitrogens with one attached hydrogen (secondary N) is 1. The third kappa shape index (κ3) is 3.50. The van der Waals surface area contributed by atoms with E-state index in [1.165, 1.54) is 6.92 Å². The molecule has 0 radical (unpaired) electrons. The van der Waals surface area contributed by atoms with Crippen LogP contribution in [0.4, 0.5) is 11.5 Å². The number of carbonyl (C=O) groups excluding carboxylic acids is 1. The summed E-state index contributed by atoms with van der Waals surface area (Å²) in [6.07, 6.45) is 1.82. The number of rotatable bonds is 3. The summed E-state index contributed by atoms with van der Waals surface area (Å²) < 4.78 is 5.40. The first-order valence-electron chi connectivity index (χ1n) is 8.66. The molecule has 1 saturated heterocycles. The average Bonchev–Trinajstić information content (AvgIpc) is 2.67. The lowest BCUT2D eigenvalue weighted by Gasteiger charge is -2.27. The predicted octanol–water partition coefficient (Wildman–Crippen LogP) is 3.09. The summed E-state index contributed by atoms with van der Waals surface area (Å²) in [7, 11) is 0. The molecule has 3 aromatic rings. The van der Waals surface area contributed by atoms with Gasteiger partial charge in [0.05, 0.1) is 30.4 Å². The van der Waals surface area contributed by atoms with Crippen molar-refractivity contribution in [2.24, 2.45) is 0 Å². The highest BCUT2D eigenvalue weighted by molar-refractivity contribution is 5.90. The number of ether oxygens (including phenoxy) is 1. The molecule has 4 rings (SSSR count). The van der Waals surface area contributed by atoms with E-state index in [2.05, 4.69) is 15.2 Å². The molecular formula is C20H20N4O2. The minimum Gasteiger partial charge on any atom is -0.378 e. The molecule has 1 aliphatic heterocycles. The molecule has 2 aromatic carbocycles. The van der Waals surface area contributed by atoms with Crippen molar-refractivity contribution in [3.63, 3.8) is 0 Å². The van der Waals surface area contributed by atoms with Crippen LogP contribution >= 0.6 is 0 Å². The molecule has 6 nitrogen and oxygen atoms in total. The Labute approximate surface area is 151 Å². The van der Waals surface area contributed by atoms with Crippen LogP contribution in [0.5, 0.6) is 0 Å². The smallest absolute Gasteiger partial charge is 0.221 e. The lowest BCUT2D eigenvalue weighted by molar-refractivity contribution is -0.114. The Morgan fingerprint density at radius 2 is 1.88 bits per heavy atom. The molecule has 0 saturated carbocycles. The second-order valence-electron chi connectivity index (χ2n) is 6.29. The molecule has 26 heavy (non-hydrogen) atoms. The van der Waals surface area contributed by atoms with Gasteiger partial charge in [0, 0.05) is 25.7 Å². The fourth-order valence-corrected chi connectivity index (χ4v) is 3.11. The van der Waals surface area contributed by atoms with Gasteiger partial charge in [-0.25, -0.2) is 4.98 Å². The molecule has 0 atom stereocenters. The van der Waals surface area contributed by atoms with Gasteiger partial charge in [0.25, 0.3) is 0 Å². The summed E-state index contributed by atoms with van der Waals surface area (Å²) >= 11 is 0. The Morgan fingerprint density at radius 3 is 2.69 bits per heavy atom. The fourth-order valence-electron chi connectivity index (χ4n) is 3.11. The number of hydrogen-bond acceptors (Lipinski definition) is 5. The third-order valence-electron chi connectivity index (χ3n) is 4.38. The molecule has 1 aromatic heterocycles. The normalized spacial score (nSPS) is 14.4. The van der Waals surface area contributed by atoms with Crippen molar-refractivity contribution in [2.45, 2.75) is 6.92 Å². The molecule has 0 spiro atoms. The van der Waals surface area contributed by atoms with Crippen LogP contribution in [0.15, 0.2) is 48.7 Å². The van der Waals surface area contributed by atoms with Gasteiger partial charge < -0.3 is 15.0 Å². The van der Waals surface area contributed by atoms with Gasteiger partial charge in [-0.2, -0.15) is 0 Å². The number of nitrogens with zero attached hydrogens (tertiary/aromatic N) is 3. The van der Waals surface area contributed by atoms with E-state index in [1.54, 1.807) is 0 Å². The van der Waals surface area contributed by atoms with Gasteiger partial charge in [-0.15, -0.1) is 0 Å². The van der Waals surface area contributed by atoms with E-state index in [4.69, 9.17) is 9.72 Å². The van der Waals surface area contributed by atoms with Crippen LogP contribution in [0.1, 0.15) is 6.92 Å². The SMILES string of the molecule is CC(=O)Nc1cccc(-c2ccc3ncc(N4CCOCC4)nc3c2)c1. The van der Waals surface area contributed by atoms with Crippen molar-refractivity contribution < 1.29 is 9.53 Å². The Morgan fingerprint density at radius 1 is 1.08 bits per heavy atom. The lowest BCUT2D eigenvalue weighted by atomic mass is 10.0. The number of anilines is 2. The van der Waals surface area contributed by atoms with Crippen LogP contribution < -0.4 is 10.2 Å². The monoisotopic (exact) mass is 348 g/mol. The van der Waals surface area contributed by atoms with Crippen molar-refractivity contribution >= 4 is 28.4 Å². The van der Waals surface area contributed by atoms with Gasteiger partial charge in [-0.3, -0.25) is 9.78 Å². The average molecular weight is 348 g/mol. The first-order chi connectivity index (χ1) is 12.7. The van der Waals surface area contributed by atoms with Gasteiger partial charge in [-0.1, -0.05) is 18.2 Å². The van der Waals surface area contributed by atoms with E-state index in [9.17, 15) is 4.79 Å². The van der Waals surface area contributed by atoms with Crippen LogP contribution in [0.25, 0.3) is 22.2 Å². The first-order valence-corrected chi connectivity index (χ1v) is 8.66. The maximum Gasteiger partial charge on any atom is 0.221 e. The summed E-state index contributed by atoms with van der Waals surface area (Å²) in [5.41, 5.74) is 4.57. The van der Waals surface area contributed by atoms with Gasteiger partial charge >= 0.3 is 0 Å². The second-order valence-corrected chi connectivity index (χ2v) is 6.29. The third-order valence-corrected chi connectivity index (χ3v) is 4.38. The van der Waals surface area contributed by atoms with Crippen LogP contribution in [-0.4, -0.2) is 42.2 Å². The van der Waals surface area contributed by atoms with E-state index in [1.807, 2.05) is 48.7 Å². The predicted molar refractivity (Wildman–Crippen MR) is 102 cm³/mol. The molecule has 0 aliphatic carbocycles. The lowest BCUT2D eigenvalue weighted by Crippen LogP contribution is -2.36. The van der Waals surface area contributed by atoms with Crippen molar-refractivity contribution in [1.82, 2.24) is 9.97 Å². The molecular weight excluding hydrogens is 328 g/mol. The molecule has 1 aliphatic rings. The Hall–Kier alpha value is -2.99. The molecule has 132 valence electrons. The number of carbonyl (C=O) groups is 1. The van der Waals surface area contributed by atoms with Crippen LogP contribution in [0.2, 0.25) is 0 Å². The van der Waals surface area contributed by atoms with Crippen molar-refractivity contribution in [3.05, 3.63) is 48.7 Å². The van der Waals surface area contributed by atoms with Crippen molar-refractivity contribution in [3.8, 4) is 11.1 Å². The van der Waals surface area contributed by atoms with E-state index in [0.29, 0.717) is 0 Å². The highest BCUT2D eigenvalue weighted by Crippen LogP contribution is 2.26. The quantitative estimate of drug-likeness (QED) is 0.788. The highest BCUT2D eigenvalue weighted by Gasteiger charge is 2.13. The molecule has 1 amide bonds. The fraction of sp³-hybridized carbons (Fsp3) is 0.250. The maximum absolute atomic E-state index is 11.3. The number of hydrogen-bond donors (Lipinski definition) is 1. The van der Waals surface area contributed by atoms with E-state index >= 15 is 0 Å². The summed E-state index contributed by atoms with van der Waals surface area (Å²) in [5.74, 6) is 0.798. The van der Waals surface area contributed by atoms with E-state index in [-0.39, 0.29) is 5.91 Å². The molecule has 1 N–H and O–H groups in total.